The van der Waals surface area contributed by atoms with Gasteiger partial charge in [0.1, 0.15) is 6.04 Å². The Morgan fingerprint density at radius 2 is 1.69 bits per heavy atom. The van der Waals surface area contributed by atoms with E-state index >= 15 is 0 Å². The zero-order valence-corrected chi connectivity index (χ0v) is 21.1. The summed E-state index contributed by atoms with van der Waals surface area (Å²) in [5, 5.41) is 10.2. The maximum atomic E-state index is 13.9. The number of carbonyl (C=O) groups is 2. The molecule has 4 rings (SSSR count). The summed E-state index contributed by atoms with van der Waals surface area (Å²) >= 11 is 0. The monoisotopic (exact) mass is 472 g/mol. The van der Waals surface area contributed by atoms with Crippen LogP contribution >= 0.6 is 0 Å². The molecule has 0 aromatic heterocycles. The lowest BCUT2D eigenvalue weighted by molar-refractivity contribution is -0.881. The number of unbranched alkanes of at least 4 members (excludes halogenated alkanes) is 1. The summed E-state index contributed by atoms with van der Waals surface area (Å²) in [5.41, 5.74) is 8.93. The van der Waals surface area contributed by atoms with Crippen LogP contribution in [0.25, 0.3) is 0 Å². The van der Waals surface area contributed by atoms with Crippen LogP contribution in [-0.2, 0) is 27.8 Å². The third-order valence-corrected chi connectivity index (χ3v) is 8.72. The molecule has 5 nitrogen and oxygen atoms in total. The average Bonchev–Trinajstić information content (AvgIpc) is 3.50. The topological polar surface area (TPSA) is 83.9 Å². The molecule has 2 amide bonds. The van der Waals surface area contributed by atoms with Crippen LogP contribution in [0, 0.1) is 17.2 Å². The predicted molar refractivity (Wildman–Crippen MR) is 137 cm³/mol. The molecule has 1 fully saturated rings. The molecule has 0 radical (unpaired) electrons. The molecule has 5 heteroatoms. The van der Waals surface area contributed by atoms with Crippen LogP contribution < -0.4 is 5.73 Å². The van der Waals surface area contributed by atoms with Gasteiger partial charge in [0.25, 0.3) is 5.91 Å². The summed E-state index contributed by atoms with van der Waals surface area (Å²) in [7, 11) is 0. The van der Waals surface area contributed by atoms with Gasteiger partial charge in [-0.3, -0.25) is 4.79 Å². The first kappa shape index (κ1) is 25.1. The molecule has 184 valence electrons. The zero-order chi connectivity index (χ0) is 25.1. The molecule has 2 aromatic carbocycles. The summed E-state index contributed by atoms with van der Waals surface area (Å²) in [6.07, 6.45) is 5.83. The highest BCUT2D eigenvalue weighted by Gasteiger charge is 2.56. The second-order valence-electron chi connectivity index (χ2n) is 10.8. The van der Waals surface area contributed by atoms with Gasteiger partial charge in [-0.2, -0.15) is 5.26 Å². The van der Waals surface area contributed by atoms with Crippen molar-refractivity contribution in [3.05, 3.63) is 71.3 Å². The molecule has 1 saturated heterocycles. The molecular formula is C30H38N3O2+. The van der Waals surface area contributed by atoms with Crippen molar-refractivity contribution in [1.82, 2.24) is 0 Å². The molecule has 0 bridgehead atoms. The highest BCUT2D eigenvalue weighted by Crippen LogP contribution is 2.40. The average molecular weight is 473 g/mol. The van der Waals surface area contributed by atoms with E-state index in [1.165, 1.54) is 11.1 Å². The molecule has 1 aliphatic heterocycles. The number of quaternary nitrogens is 1. The molecule has 35 heavy (non-hydrogen) atoms. The Morgan fingerprint density at radius 3 is 2.26 bits per heavy atom. The fourth-order valence-electron chi connectivity index (χ4n) is 6.74. The van der Waals surface area contributed by atoms with E-state index in [4.69, 9.17) is 5.73 Å². The molecule has 1 aliphatic carbocycles. The normalized spacial score (nSPS) is 23.5. The molecule has 0 saturated carbocycles. The molecule has 3 atom stereocenters. The quantitative estimate of drug-likeness (QED) is 0.419. The van der Waals surface area contributed by atoms with Crippen LogP contribution in [0.15, 0.2) is 54.6 Å². The van der Waals surface area contributed by atoms with Crippen molar-refractivity contribution in [3.8, 4) is 6.07 Å². The molecule has 2 N–H and O–H groups in total. The fraction of sp³-hybridized carbons (Fsp3) is 0.500. The number of nitriles is 1. The highest BCUT2D eigenvalue weighted by molar-refractivity contribution is 5.82. The van der Waals surface area contributed by atoms with Gasteiger partial charge in [0.05, 0.1) is 24.4 Å². The summed E-state index contributed by atoms with van der Waals surface area (Å²) in [6.45, 7) is 4.89. The van der Waals surface area contributed by atoms with Crippen LogP contribution in [0.5, 0.6) is 0 Å². The van der Waals surface area contributed by atoms with Crippen molar-refractivity contribution < 1.29 is 14.1 Å². The number of nitrogens with zero attached hydrogens (tertiary/aromatic N) is 2. The Bertz CT molecular complexity index is 1080. The van der Waals surface area contributed by atoms with E-state index in [2.05, 4.69) is 32.0 Å². The summed E-state index contributed by atoms with van der Waals surface area (Å²) in [4.78, 5) is 26.4. The van der Waals surface area contributed by atoms with Gasteiger partial charge in [-0.15, -0.1) is 0 Å². The van der Waals surface area contributed by atoms with Gasteiger partial charge >= 0.3 is 5.91 Å². The lowest BCUT2D eigenvalue weighted by Crippen LogP contribution is -2.65. The van der Waals surface area contributed by atoms with Crippen LogP contribution in [-0.4, -0.2) is 34.9 Å². The second-order valence-corrected chi connectivity index (χ2v) is 10.8. The minimum atomic E-state index is -0.562. The Labute approximate surface area is 209 Å². The van der Waals surface area contributed by atoms with E-state index in [1.807, 2.05) is 42.5 Å². The molecular weight excluding hydrogens is 434 g/mol. The van der Waals surface area contributed by atoms with E-state index in [0.29, 0.717) is 32.2 Å². The van der Waals surface area contributed by atoms with Gasteiger partial charge in [0.15, 0.2) is 6.04 Å². The van der Waals surface area contributed by atoms with E-state index < -0.39 is 11.5 Å². The zero-order valence-electron chi connectivity index (χ0n) is 21.1. The largest absolute Gasteiger partial charge is 0.364 e. The summed E-state index contributed by atoms with van der Waals surface area (Å²) in [6, 6.07) is 20.7. The van der Waals surface area contributed by atoms with Crippen molar-refractivity contribution in [2.75, 3.05) is 6.54 Å². The number of nitrogens with two attached hydrogens (primary N) is 1. The third kappa shape index (κ3) is 4.52. The number of primary amides is 1. The van der Waals surface area contributed by atoms with Gasteiger partial charge < -0.3 is 5.73 Å². The van der Waals surface area contributed by atoms with E-state index in [9.17, 15) is 14.9 Å². The number of carbonyl (C=O) groups excluding carboxylic acids is 2. The second kappa shape index (κ2) is 10.3. The van der Waals surface area contributed by atoms with Gasteiger partial charge in [-0.25, -0.2) is 9.28 Å². The lowest BCUT2D eigenvalue weighted by atomic mass is 9.69. The van der Waals surface area contributed by atoms with Crippen molar-refractivity contribution in [2.45, 2.75) is 82.7 Å². The standard InChI is InChI=1S/C30H37N3O2/c1-22(2)30(21-31,25-13-4-3-5-14-25)17-9-8-16-28(34)33(18-10-15-27(33)29(32)35)26-19-23-11-6-7-12-24(23)20-26/h3-7,11-14,22,26-27H,8-10,15-20H2,1-2H3,(H-,32,35)/p+1/t27?,30-,33+/m0/s1. The van der Waals surface area contributed by atoms with Crippen molar-refractivity contribution >= 4 is 11.8 Å². The van der Waals surface area contributed by atoms with E-state index in [0.717, 1.165) is 31.2 Å². The molecule has 2 aliphatic rings. The van der Waals surface area contributed by atoms with E-state index in [1.54, 1.807) is 0 Å². The van der Waals surface area contributed by atoms with Crippen LogP contribution in [0.1, 0.15) is 69.1 Å². The first-order valence-electron chi connectivity index (χ1n) is 13.1. The predicted octanol–water partition coefficient (Wildman–Crippen LogP) is 4.82. The Morgan fingerprint density at radius 1 is 1.06 bits per heavy atom. The highest BCUT2D eigenvalue weighted by atomic mass is 16.2. The SMILES string of the molecule is CC(C)[C@@](C#N)(CCCCC(=O)[N@@+]1(C2Cc3ccccc3C2)CCCC1C(N)=O)c1ccccc1. The van der Waals surface area contributed by atoms with Crippen LogP contribution in [0.4, 0.5) is 0 Å². The van der Waals surface area contributed by atoms with Crippen molar-refractivity contribution in [1.29, 1.82) is 5.26 Å². The number of hydrogen-bond acceptors (Lipinski definition) is 3. The van der Waals surface area contributed by atoms with Gasteiger partial charge in [0, 0.05) is 25.7 Å². The molecule has 0 spiro atoms. The maximum Gasteiger partial charge on any atom is 0.314 e. The van der Waals surface area contributed by atoms with Gasteiger partial charge in [0.2, 0.25) is 0 Å². The number of likely N-dealkylation sites (tertiary alicyclic amines) is 1. The van der Waals surface area contributed by atoms with Gasteiger partial charge in [-0.05, 0) is 35.4 Å². The van der Waals surface area contributed by atoms with Crippen molar-refractivity contribution in [3.63, 3.8) is 0 Å². The summed E-state index contributed by atoms with van der Waals surface area (Å²) < 4.78 is 0.219. The molecule has 2 aromatic rings. The molecule has 1 heterocycles. The Kier molecular flexibility index (Phi) is 7.42. The number of amides is 2. The number of hydrogen-bond donors (Lipinski definition) is 1. The fourth-order valence-corrected chi connectivity index (χ4v) is 6.74. The Balaban J connectivity index is 1.49. The minimum absolute atomic E-state index is 0.0816. The minimum Gasteiger partial charge on any atom is -0.364 e. The van der Waals surface area contributed by atoms with E-state index in [-0.39, 0.29) is 28.3 Å². The Hall–Kier alpha value is -2.97. The van der Waals surface area contributed by atoms with Crippen LogP contribution in [0.2, 0.25) is 0 Å². The number of benzene rings is 2. The number of rotatable bonds is 9. The summed E-state index contributed by atoms with van der Waals surface area (Å²) in [5.74, 6) is -0.0334. The van der Waals surface area contributed by atoms with Crippen molar-refractivity contribution in [2.24, 2.45) is 11.7 Å². The lowest BCUT2D eigenvalue weighted by Gasteiger charge is -2.41. The maximum absolute atomic E-state index is 13.9. The van der Waals surface area contributed by atoms with Gasteiger partial charge in [-0.1, -0.05) is 74.9 Å². The molecule has 1 unspecified atom stereocenters. The first-order chi connectivity index (χ1) is 16.8. The van der Waals surface area contributed by atoms with Crippen LogP contribution in [0.3, 0.4) is 0 Å². The smallest absolute Gasteiger partial charge is 0.314 e. The third-order valence-electron chi connectivity index (χ3n) is 8.72. The first-order valence-corrected chi connectivity index (χ1v) is 13.1. The number of fused-ring (bicyclic) bond motifs is 1.